The number of carbonyl (C=O) groups is 2. The highest BCUT2D eigenvalue weighted by Gasteiger charge is 2.15. The summed E-state index contributed by atoms with van der Waals surface area (Å²) >= 11 is 0. The van der Waals surface area contributed by atoms with Crippen molar-refractivity contribution in [3.05, 3.63) is 53.9 Å². The van der Waals surface area contributed by atoms with Crippen molar-refractivity contribution in [2.24, 2.45) is 7.05 Å². The SMILES string of the molecule is CCCN(Cc1cccn1C)C(=O)Nc1ccc(C(=O)OCC)cc1. The predicted molar refractivity (Wildman–Crippen MR) is 97.5 cm³/mol. The zero-order valence-electron chi connectivity index (χ0n) is 15.0. The second kappa shape index (κ2) is 8.92. The van der Waals surface area contributed by atoms with Gasteiger partial charge in [-0.15, -0.1) is 0 Å². The lowest BCUT2D eigenvalue weighted by molar-refractivity contribution is 0.0526. The monoisotopic (exact) mass is 343 g/mol. The highest BCUT2D eigenvalue weighted by atomic mass is 16.5. The summed E-state index contributed by atoms with van der Waals surface area (Å²) < 4.78 is 6.96. The Labute approximate surface area is 148 Å². The number of rotatable bonds is 7. The van der Waals surface area contributed by atoms with Crippen LogP contribution in [0.3, 0.4) is 0 Å². The van der Waals surface area contributed by atoms with Crippen molar-refractivity contribution in [2.45, 2.75) is 26.8 Å². The molecular weight excluding hydrogens is 318 g/mol. The summed E-state index contributed by atoms with van der Waals surface area (Å²) in [5.74, 6) is -0.364. The van der Waals surface area contributed by atoms with Crippen LogP contribution >= 0.6 is 0 Å². The molecule has 0 saturated heterocycles. The molecule has 2 rings (SSSR count). The Morgan fingerprint density at radius 1 is 1.16 bits per heavy atom. The molecule has 6 heteroatoms. The molecule has 134 valence electrons. The number of esters is 1. The fourth-order valence-electron chi connectivity index (χ4n) is 2.49. The summed E-state index contributed by atoms with van der Waals surface area (Å²) in [6.07, 6.45) is 2.84. The Morgan fingerprint density at radius 3 is 2.44 bits per heavy atom. The lowest BCUT2D eigenvalue weighted by Crippen LogP contribution is -2.35. The normalized spacial score (nSPS) is 10.4. The van der Waals surface area contributed by atoms with Crippen LogP contribution in [0, 0.1) is 0 Å². The van der Waals surface area contributed by atoms with Gasteiger partial charge in [-0.25, -0.2) is 9.59 Å². The summed E-state index contributed by atoms with van der Waals surface area (Å²) in [6.45, 7) is 5.35. The van der Waals surface area contributed by atoms with E-state index in [2.05, 4.69) is 5.32 Å². The highest BCUT2D eigenvalue weighted by Crippen LogP contribution is 2.13. The molecule has 0 unspecified atom stereocenters. The van der Waals surface area contributed by atoms with Gasteiger partial charge >= 0.3 is 12.0 Å². The molecule has 0 aliphatic rings. The molecule has 0 atom stereocenters. The number of nitrogens with one attached hydrogen (secondary N) is 1. The molecule has 1 aromatic heterocycles. The zero-order chi connectivity index (χ0) is 18.2. The lowest BCUT2D eigenvalue weighted by atomic mass is 10.2. The van der Waals surface area contributed by atoms with Gasteiger partial charge in [-0.1, -0.05) is 6.92 Å². The molecule has 0 aliphatic carbocycles. The van der Waals surface area contributed by atoms with Crippen molar-refractivity contribution >= 4 is 17.7 Å². The van der Waals surface area contributed by atoms with E-state index in [4.69, 9.17) is 4.74 Å². The summed E-state index contributed by atoms with van der Waals surface area (Å²) in [5, 5.41) is 2.88. The molecule has 0 bridgehead atoms. The van der Waals surface area contributed by atoms with Gasteiger partial charge in [-0.05, 0) is 49.7 Å². The van der Waals surface area contributed by atoms with Crippen LogP contribution in [0.25, 0.3) is 0 Å². The topological polar surface area (TPSA) is 63.6 Å². The molecule has 0 radical (unpaired) electrons. The van der Waals surface area contributed by atoms with E-state index < -0.39 is 0 Å². The molecule has 1 N–H and O–H groups in total. The number of benzene rings is 1. The van der Waals surface area contributed by atoms with E-state index in [0.717, 1.165) is 12.1 Å². The summed E-state index contributed by atoms with van der Waals surface area (Å²) in [5.41, 5.74) is 2.18. The van der Waals surface area contributed by atoms with Crippen LogP contribution in [0.1, 0.15) is 36.3 Å². The van der Waals surface area contributed by atoms with E-state index in [9.17, 15) is 9.59 Å². The second-order valence-corrected chi connectivity index (χ2v) is 5.76. The third-order valence-electron chi connectivity index (χ3n) is 3.83. The van der Waals surface area contributed by atoms with E-state index in [1.807, 2.05) is 36.9 Å². The standard InChI is InChI=1S/C19H25N3O3/c1-4-12-22(14-17-7-6-13-21(17)3)19(24)20-16-10-8-15(9-11-16)18(23)25-5-2/h6-11,13H,4-5,12,14H2,1-3H3,(H,20,24). The minimum atomic E-state index is -0.364. The number of carbonyl (C=O) groups excluding carboxylic acids is 2. The van der Waals surface area contributed by atoms with Gasteiger partial charge in [-0.2, -0.15) is 0 Å². The van der Waals surface area contributed by atoms with Crippen molar-refractivity contribution < 1.29 is 14.3 Å². The molecule has 25 heavy (non-hydrogen) atoms. The largest absolute Gasteiger partial charge is 0.462 e. The molecule has 0 spiro atoms. The number of amides is 2. The first-order valence-corrected chi connectivity index (χ1v) is 8.48. The summed E-state index contributed by atoms with van der Waals surface area (Å²) in [6, 6.07) is 10.5. The van der Waals surface area contributed by atoms with Gasteiger partial charge in [0.15, 0.2) is 0 Å². The Bertz CT molecular complexity index is 707. The first-order chi connectivity index (χ1) is 12.0. The van der Waals surface area contributed by atoms with Crippen LogP contribution in [0.15, 0.2) is 42.6 Å². The minimum absolute atomic E-state index is 0.160. The predicted octanol–water partition coefficient (Wildman–Crippen LogP) is 3.65. The van der Waals surface area contributed by atoms with Crippen molar-refractivity contribution in [2.75, 3.05) is 18.5 Å². The summed E-state index contributed by atoms with van der Waals surface area (Å²) in [7, 11) is 1.96. The van der Waals surface area contributed by atoms with Gasteiger partial charge in [-0.3, -0.25) is 0 Å². The van der Waals surface area contributed by atoms with E-state index in [-0.39, 0.29) is 12.0 Å². The molecule has 1 aromatic carbocycles. The molecular formula is C19H25N3O3. The average molecular weight is 343 g/mol. The first-order valence-electron chi connectivity index (χ1n) is 8.48. The third kappa shape index (κ3) is 5.11. The number of anilines is 1. The number of hydrogen-bond acceptors (Lipinski definition) is 3. The molecule has 1 heterocycles. The number of aromatic nitrogens is 1. The Hall–Kier alpha value is -2.76. The van der Waals surface area contributed by atoms with E-state index in [0.29, 0.717) is 30.9 Å². The van der Waals surface area contributed by atoms with Crippen LogP contribution < -0.4 is 5.32 Å². The Morgan fingerprint density at radius 2 is 1.88 bits per heavy atom. The first kappa shape index (κ1) is 18.6. The molecule has 0 fully saturated rings. The minimum Gasteiger partial charge on any atom is -0.462 e. The second-order valence-electron chi connectivity index (χ2n) is 5.76. The van der Waals surface area contributed by atoms with Crippen molar-refractivity contribution in [3.8, 4) is 0 Å². The Kier molecular flexibility index (Phi) is 6.62. The number of nitrogens with zero attached hydrogens (tertiary/aromatic N) is 2. The Balaban J connectivity index is 2.02. The van der Waals surface area contributed by atoms with Crippen molar-refractivity contribution in [3.63, 3.8) is 0 Å². The maximum atomic E-state index is 12.6. The van der Waals surface area contributed by atoms with Crippen LogP contribution in [0.2, 0.25) is 0 Å². The molecule has 0 aliphatic heterocycles. The number of aryl methyl sites for hydroxylation is 1. The molecule has 6 nitrogen and oxygen atoms in total. The maximum Gasteiger partial charge on any atom is 0.338 e. The van der Waals surface area contributed by atoms with Gasteiger partial charge in [0.05, 0.1) is 18.7 Å². The lowest BCUT2D eigenvalue weighted by Gasteiger charge is -2.23. The molecule has 2 aromatic rings. The van der Waals surface area contributed by atoms with Crippen LogP contribution in [-0.2, 0) is 18.3 Å². The molecule has 2 amide bonds. The quantitative estimate of drug-likeness (QED) is 0.781. The fourth-order valence-corrected chi connectivity index (χ4v) is 2.49. The number of hydrogen-bond donors (Lipinski definition) is 1. The van der Waals surface area contributed by atoms with Crippen molar-refractivity contribution in [1.82, 2.24) is 9.47 Å². The van der Waals surface area contributed by atoms with Crippen LogP contribution in [0.4, 0.5) is 10.5 Å². The maximum absolute atomic E-state index is 12.6. The van der Waals surface area contributed by atoms with E-state index in [1.165, 1.54) is 0 Å². The van der Waals surface area contributed by atoms with Gasteiger partial charge in [0.2, 0.25) is 0 Å². The van der Waals surface area contributed by atoms with Gasteiger partial charge in [0.25, 0.3) is 0 Å². The summed E-state index contributed by atoms with van der Waals surface area (Å²) in [4.78, 5) is 26.0. The number of urea groups is 1. The zero-order valence-corrected chi connectivity index (χ0v) is 15.0. The average Bonchev–Trinajstić information content (AvgIpc) is 3.00. The molecule has 0 saturated carbocycles. The third-order valence-corrected chi connectivity index (χ3v) is 3.83. The van der Waals surface area contributed by atoms with Crippen LogP contribution in [0.5, 0.6) is 0 Å². The van der Waals surface area contributed by atoms with Gasteiger partial charge < -0.3 is 19.5 Å². The smallest absolute Gasteiger partial charge is 0.338 e. The highest BCUT2D eigenvalue weighted by molar-refractivity contribution is 5.92. The number of ether oxygens (including phenoxy) is 1. The van der Waals surface area contributed by atoms with Crippen LogP contribution in [-0.4, -0.2) is 34.6 Å². The van der Waals surface area contributed by atoms with Gasteiger partial charge in [0, 0.05) is 31.2 Å². The van der Waals surface area contributed by atoms with E-state index >= 15 is 0 Å². The van der Waals surface area contributed by atoms with Gasteiger partial charge in [0.1, 0.15) is 0 Å². The van der Waals surface area contributed by atoms with Crippen molar-refractivity contribution in [1.29, 1.82) is 0 Å². The fraction of sp³-hybridized carbons (Fsp3) is 0.368. The van der Waals surface area contributed by atoms with E-state index in [1.54, 1.807) is 36.1 Å².